The van der Waals surface area contributed by atoms with Crippen molar-refractivity contribution in [3.63, 3.8) is 0 Å². The Bertz CT molecular complexity index is 1510. The standard InChI is InChI=1S/C35H41F3N4O4/c1-24-29(33(45)42(32(24)44)27-13-10-25(22-39)30(21-27)35(36,37)38)9-7-5-6-8-16-40-17-19-41(20-18-40)31(43)23-46-28-14-11-26(12-15-28)34(2,3)4/h10-15,21H,5-9,16-20,23H2,1-4H3. The molecule has 2 aromatic carbocycles. The number of anilines is 1. The van der Waals surface area contributed by atoms with E-state index in [0.29, 0.717) is 43.3 Å². The van der Waals surface area contributed by atoms with Gasteiger partial charge >= 0.3 is 6.18 Å². The molecule has 2 aliphatic rings. The highest BCUT2D eigenvalue weighted by molar-refractivity contribution is 6.32. The van der Waals surface area contributed by atoms with Gasteiger partial charge in [0.1, 0.15) is 5.75 Å². The van der Waals surface area contributed by atoms with Gasteiger partial charge in [0.25, 0.3) is 17.7 Å². The third-order valence-corrected chi connectivity index (χ3v) is 8.58. The van der Waals surface area contributed by atoms with E-state index in [1.807, 2.05) is 29.2 Å². The number of hydrogen-bond acceptors (Lipinski definition) is 6. The second-order valence-corrected chi connectivity index (χ2v) is 12.8. The number of rotatable bonds is 11. The Morgan fingerprint density at radius 3 is 2.17 bits per heavy atom. The Morgan fingerprint density at radius 1 is 0.913 bits per heavy atom. The smallest absolute Gasteiger partial charge is 0.417 e. The molecule has 8 nitrogen and oxygen atoms in total. The summed E-state index contributed by atoms with van der Waals surface area (Å²) >= 11 is 0. The number of carbonyl (C=O) groups excluding carboxylic acids is 3. The molecule has 1 fully saturated rings. The molecule has 11 heteroatoms. The fraction of sp³-hybridized carbons (Fsp3) is 0.486. The molecule has 0 N–H and O–H groups in total. The first kappa shape index (κ1) is 34.7. The molecule has 0 atom stereocenters. The Balaban J connectivity index is 1.15. The summed E-state index contributed by atoms with van der Waals surface area (Å²) in [4.78, 5) is 43.5. The summed E-state index contributed by atoms with van der Waals surface area (Å²) in [5.41, 5.74) is -0.142. The Labute approximate surface area is 268 Å². The number of halogens is 3. The quantitative estimate of drug-likeness (QED) is 0.214. The van der Waals surface area contributed by atoms with Crippen LogP contribution in [-0.2, 0) is 26.0 Å². The summed E-state index contributed by atoms with van der Waals surface area (Å²) < 4.78 is 46.0. The highest BCUT2D eigenvalue weighted by Gasteiger charge is 2.39. The van der Waals surface area contributed by atoms with Crippen LogP contribution in [0.2, 0.25) is 0 Å². The maximum absolute atomic E-state index is 13.4. The molecule has 0 saturated carbocycles. The molecule has 46 heavy (non-hydrogen) atoms. The predicted octanol–water partition coefficient (Wildman–Crippen LogP) is 6.24. The van der Waals surface area contributed by atoms with Crippen LogP contribution >= 0.6 is 0 Å². The van der Waals surface area contributed by atoms with Gasteiger partial charge < -0.3 is 9.64 Å². The van der Waals surface area contributed by atoms with Crippen LogP contribution in [0.1, 0.15) is 76.5 Å². The first-order valence-corrected chi connectivity index (χ1v) is 15.6. The molecule has 1 saturated heterocycles. The van der Waals surface area contributed by atoms with Gasteiger partial charge in [0.05, 0.1) is 22.9 Å². The lowest BCUT2D eigenvalue weighted by Gasteiger charge is -2.34. The Hall–Kier alpha value is -4.17. The molecule has 4 rings (SSSR count). The number of alkyl halides is 3. The molecular formula is C35H41F3N4O4. The highest BCUT2D eigenvalue weighted by Crippen LogP contribution is 2.37. The van der Waals surface area contributed by atoms with Crippen molar-refractivity contribution >= 4 is 23.4 Å². The van der Waals surface area contributed by atoms with Gasteiger partial charge in [0.15, 0.2) is 6.61 Å². The minimum atomic E-state index is -4.79. The molecule has 0 unspecified atom stereocenters. The van der Waals surface area contributed by atoms with Crippen molar-refractivity contribution in [2.24, 2.45) is 0 Å². The second kappa shape index (κ2) is 14.5. The maximum atomic E-state index is 13.4. The van der Waals surface area contributed by atoms with Crippen molar-refractivity contribution in [3.05, 3.63) is 70.3 Å². The molecular weight excluding hydrogens is 597 g/mol. The van der Waals surface area contributed by atoms with Crippen molar-refractivity contribution in [2.75, 3.05) is 44.2 Å². The zero-order valence-corrected chi connectivity index (χ0v) is 26.9. The number of nitriles is 1. The molecule has 246 valence electrons. The van der Waals surface area contributed by atoms with E-state index in [-0.39, 0.29) is 29.2 Å². The van der Waals surface area contributed by atoms with Crippen LogP contribution in [0.15, 0.2) is 53.6 Å². The second-order valence-electron chi connectivity index (χ2n) is 12.8. The van der Waals surface area contributed by atoms with E-state index in [4.69, 9.17) is 10.00 Å². The van der Waals surface area contributed by atoms with Crippen LogP contribution in [0.25, 0.3) is 0 Å². The monoisotopic (exact) mass is 638 g/mol. The molecule has 3 amide bonds. The molecule has 0 aromatic heterocycles. The summed E-state index contributed by atoms with van der Waals surface area (Å²) in [5.74, 6) is -0.602. The predicted molar refractivity (Wildman–Crippen MR) is 168 cm³/mol. The van der Waals surface area contributed by atoms with Crippen molar-refractivity contribution < 1.29 is 32.3 Å². The number of hydrogen-bond donors (Lipinski definition) is 0. The van der Waals surface area contributed by atoms with Crippen molar-refractivity contribution in [1.29, 1.82) is 5.26 Å². The number of amides is 3. The Kier molecular flexibility index (Phi) is 10.9. The van der Waals surface area contributed by atoms with E-state index in [0.717, 1.165) is 49.9 Å². The lowest BCUT2D eigenvalue weighted by molar-refractivity contribution is -0.138. The number of nitrogens with zero attached hydrogens (tertiary/aromatic N) is 4. The van der Waals surface area contributed by atoms with E-state index in [2.05, 4.69) is 25.7 Å². The van der Waals surface area contributed by atoms with E-state index in [1.54, 1.807) is 0 Å². The van der Waals surface area contributed by atoms with Gasteiger partial charge in [-0.3, -0.25) is 19.3 Å². The lowest BCUT2D eigenvalue weighted by atomic mass is 9.87. The molecule has 0 radical (unpaired) electrons. The van der Waals surface area contributed by atoms with Gasteiger partial charge in [0, 0.05) is 37.3 Å². The average Bonchev–Trinajstić information content (AvgIpc) is 3.23. The summed E-state index contributed by atoms with van der Waals surface area (Å²) in [6.07, 6.45) is -1.06. The van der Waals surface area contributed by atoms with Crippen LogP contribution in [-0.4, -0.2) is 66.9 Å². The first-order chi connectivity index (χ1) is 21.7. The molecule has 0 spiro atoms. The van der Waals surface area contributed by atoms with Gasteiger partial charge in [0.2, 0.25) is 0 Å². The Morgan fingerprint density at radius 2 is 1.57 bits per heavy atom. The SMILES string of the molecule is CC1=C(CCCCCCN2CCN(C(=O)COc3ccc(C(C)(C)C)cc3)CC2)C(=O)N(c2ccc(C#N)c(C(F)(F)F)c2)C1=O. The van der Waals surface area contributed by atoms with E-state index < -0.39 is 29.1 Å². The largest absolute Gasteiger partial charge is 0.484 e. The number of ether oxygens (including phenoxy) is 1. The summed E-state index contributed by atoms with van der Waals surface area (Å²) in [6, 6.07) is 12.2. The zero-order chi connectivity index (χ0) is 33.6. The van der Waals surface area contributed by atoms with Crippen LogP contribution < -0.4 is 9.64 Å². The van der Waals surface area contributed by atoms with Crippen LogP contribution in [0, 0.1) is 11.3 Å². The summed E-state index contributed by atoms with van der Waals surface area (Å²) in [7, 11) is 0. The van der Waals surface area contributed by atoms with E-state index in [1.165, 1.54) is 24.6 Å². The molecule has 2 aromatic rings. The lowest BCUT2D eigenvalue weighted by Crippen LogP contribution is -2.50. The maximum Gasteiger partial charge on any atom is 0.417 e. The van der Waals surface area contributed by atoms with Gasteiger partial charge in [-0.15, -0.1) is 0 Å². The molecule has 0 aliphatic carbocycles. The van der Waals surface area contributed by atoms with Gasteiger partial charge in [-0.1, -0.05) is 45.7 Å². The number of imide groups is 1. The van der Waals surface area contributed by atoms with Gasteiger partial charge in [-0.2, -0.15) is 18.4 Å². The normalized spacial score (nSPS) is 16.3. The minimum absolute atomic E-state index is 0.0126. The van der Waals surface area contributed by atoms with Crippen molar-refractivity contribution in [2.45, 2.75) is 71.4 Å². The van der Waals surface area contributed by atoms with Crippen LogP contribution in [0.3, 0.4) is 0 Å². The van der Waals surface area contributed by atoms with Crippen LogP contribution in [0.5, 0.6) is 5.75 Å². The van der Waals surface area contributed by atoms with Gasteiger partial charge in [-0.25, -0.2) is 4.90 Å². The number of piperazine rings is 1. The third-order valence-electron chi connectivity index (χ3n) is 8.58. The number of benzene rings is 2. The minimum Gasteiger partial charge on any atom is -0.484 e. The molecule has 0 bridgehead atoms. The fourth-order valence-corrected chi connectivity index (χ4v) is 5.72. The van der Waals surface area contributed by atoms with Crippen molar-refractivity contribution in [3.8, 4) is 11.8 Å². The van der Waals surface area contributed by atoms with Gasteiger partial charge in [-0.05, 0) is 74.0 Å². The highest BCUT2D eigenvalue weighted by atomic mass is 19.4. The first-order valence-electron chi connectivity index (χ1n) is 15.6. The third kappa shape index (κ3) is 8.35. The topological polar surface area (TPSA) is 93.9 Å². The van der Waals surface area contributed by atoms with E-state index in [9.17, 15) is 27.6 Å². The van der Waals surface area contributed by atoms with Crippen molar-refractivity contribution in [1.82, 2.24) is 9.80 Å². The van der Waals surface area contributed by atoms with Crippen LogP contribution in [0.4, 0.5) is 18.9 Å². The number of carbonyl (C=O) groups is 3. The van der Waals surface area contributed by atoms with E-state index >= 15 is 0 Å². The molecule has 2 heterocycles. The zero-order valence-electron chi connectivity index (χ0n) is 26.9. The molecule has 2 aliphatic heterocycles. The average molecular weight is 639 g/mol. The number of unbranched alkanes of at least 4 members (excludes halogenated alkanes) is 3. The fourth-order valence-electron chi connectivity index (χ4n) is 5.72. The summed E-state index contributed by atoms with van der Waals surface area (Å²) in [6.45, 7) is 11.7. The summed E-state index contributed by atoms with van der Waals surface area (Å²) in [5, 5.41) is 9.04.